The van der Waals surface area contributed by atoms with Crippen molar-refractivity contribution in [2.24, 2.45) is 0 Å². The van der Waals surface area contributed by atoms with Crippen molar-refractivity contribution in [3.63, 3.8) is 0 Å². The van der Waals surface area contributed by atoms with Crippen molar-refractivity contribution in [3.05, 3.63) is 59.7 Å². The Bertz CT molecular complexity index is 931. The molecule has 0 spiro atoms. The first-order chi connectivity index (χ1) is 15.0. The highest BCUT2D eigenvalue weighted by molar-refractivity contribution is 5.85. The van der Waals surface area contributed by atoms with E-state index in [-0.39, 0.29) is 34.9 Å². The second-order valence-corrected chi connectivity index (χ2v) is 8.20. The van der Waals surface area contributed by atoms with Gasteiger partial charge in [-0.3, -0.25) is 4.90 Å². The molecule has 2 aromatic carbocycles. The number of piperazine rings is 1. The predicted octanol–water partition coefficient (Wildman–Crippen LogP) is 5.15. The molecule has 6 nitrogen and oxygen atoms in total. The summed E-state index contributed by atoms with van der Waals surface area (Å²) in [7, 11) is 5.00. The molecule has 10 heteroatoms. The van der Waals surface area contributed by atoms with Gasteiger partial charge in [0.2, 0.25) is 0 Å². The highest BCUT2D eigenvalue weighted by atomic mass is 35.5. The van der Waals surface area contributed by atoms with Gasteiger partial charge in [0.05, 0.1) is 12.7 Å². The van der Waals surface area contributed by atoms with Crippen LogP contribution in [0.1, 0.15) is 24.1 Å². The number of anilines is 1. The van der Waals surface area contributed by atoms with Gasteiger partial charge in [-0.2, -0.15) is 18.0 Å². The third-order valence-corrected chi connectivity index (χ3v) is 5.72. The molecule has 2 aliphatic heterocycles. The van der Waals surface area contributed by atoms with Crippen molar-refractivity contribution in [1.29, 1.82) is 0 Å². The van der Waals surface area contributed by atoms with Crippen LogP contribution in [0.3, 0.4) is 0 Å². The largest absolute Gasteiger partial charge is 0.609 e. The molecule has 2 heterocycles. The number of methoxy groups -OCH3 is 1. The summed E-state index contributed by atoms with van der Waals surface area (Å²) in [6.07, 6.45) is -4.49. The predicted molar refractivity (Wildman–Crippen MR) is 122 cm³/mol. The molecule has 33 heavy (non-hydrogen) atoms. The second-order valence-electron chi connectivity index (χ2n) is 8.20. The molecular weight excluding hydrogens is 459 g/mol. The van der Waals surface area contributed by atoms with Crippen LogP contribution in [0.2, 0.25) is 0 Å². The SMILES string of the molecule is COc1ccc(C(C)N2CCN(c3ccccc3C(F)(F)F)CC2)cc1.C[N+]1(C)OC1=O.Cl. The molecule has 2 aliphatic rings. The Morgan fingerprint density at radius 3 is 1.97 bits per heavy atom. The van der Waals surface area contributed by atoms with E-state index in [0.717, 1.165) is 24.9 Å². The molecule has 1 unspecified atom stereocenters. The number of nitrogens with zero attached hydrogens (tertiary/aromatic N) is 3. The molecule has 0 radical (unpaired) electrons. The molecular formula is C23H30ClF3N3O3+. The number of ether oxygens (including phenoxy) is 1. The number of rotatable bonds is 4. The average Bonchev–Trinajstić information content (AvgIpc) is 3.35. The lowest BCUT2D eigenvalue weighted by Gasteiger charge is -2.40. The zero-order valence-corrected chi connectivity index (χ0v) is 19.9. The lowest BCUT2D eigenvalue weighted by atomic mass is 10.1. The minimum absolute atomic E-state index is 0. The molecule has 182 valence electrons. The monoisotopic (exact) mass is 488 g/mol. The number of carbonyl (C=O) groups is 1. The van der Waals surface area contributed by atoms with E-state index in [0.29, 0.717) is 13.1 Å². The van der Waals surface area contributed by atoms with Gasteiger partial charge in [0.1, 0.15) is 19.8 Å². The maximum absolute atomic E-state index is 13.2. The topological polar surface area (TPSA) is 45.3 Å². The molecule has 2 saturated heterocycles. The van der Waals surface area contributed by atoms with Crippen LogP contribution in [-0.2, 0) is 11.0 Å². The highest BCUT2D eigenvalue weighted by Gasteiger charge is 2.53. The molecule has 0 aliphatic carbocycles. The van der Waals surface area contributed by atoms with Crippen molar-refractivity contribution in [2.75, 3.05) is 52.3 Å². The van der Waals surface area contributed by atoms with Crippen LogP contribution >= 0.6 is 12.4 Å². The number of benzene rings is 2. The first kappa shape index (κ1) is 26.8. The first-order valence-electron chi connectivity index (χ1n) is 10.4. The van der Waals surface area contributed by atoms with Crippen molar-refractivity contribution < 1.29 is 32.2 Å². The summed E-state index contributed by atoms with van der Waals surface area (Å²) in [5.41, 5.74) is 0.892. The number of hydroxylamine groups is 3. The van der Waals surface area contributed by atoms with Gasteiger partial charge in [0.25, 0.3) is 0 Å². The van der Waals surface area contributed by atoms with E-state index < -0.39 is 11.7 Å². The van der Waals surface area contributed by atoms with Gasteiger partial charge in [-0.15, -0.1) is 12.4 Å². The van der Waals surface area contributed by atoms with E-state index in [2.05, 4.69) is 16.7 Å². The van der Waals surface area contributed by atoms with E-state index in [1.54, 1.807) is 33.3 Å². The summed E-state index contributed by atoms with van der Waals surface area (Å²) in [6, 6.07) is 14.0. The third-order valence-electron chi connectivity index (χ3n) is 5.72. The van der Waals surface area contributed by atoms with Gasteiger partial charge in [0, 0.05) is 37.9 Å². The number of hydrogen-bond donors (Lipinski definition) is 0. The van der Waals surface area contributed by atoms with E-state index in [4.69, 9.17) is 4.74 Å². The van der Waals surface area contributed by atoms with Crippen LogP contribution in [0.25, 0.3) is 0 Å². The standard InChI is InChI=1S/C20H23F3N2O.C3H6NO2.ClH/c1-15(16-7-9-17(26-2)10-8-16)24-11-13-25(14-12-24)19-6-4-3-5-18(19)20(21,22)23;1-4(2)3(5)6-4;/h3-10,15H,11-14H2,1-2H3;1-2H3;1H/q;+1;. The zero-order valence-electron chi connectivity index (χ0n) is 19.1. The molecule has 1 amide bonds. The Kier molecular flexibility index (Phi) is 8.62. The maximum atomic E-state index is 13.2. The minimum atomic E-state index is -4.33. The van der Waals surface area contributed by atoms with E-state index in [1.165, 1.54) is 11.6 Å². The molecule has 2 aromatic rings. The van der Waals surface area contributed by atoms with Gasteiger partial charge in [-0.25, -0.2) is 4.84 Å². The summed E-state index contributed by atoms with van der Waals surface area (Å²) in [6.45, 7) is 4.72. The minimum Gasteiger partial charge on any atom is -0.497 e. The molecule has 2 fully saturated rings. The highest BCUT2D eigenvalue weighted by Crippen LogP contribution is 2.37. The average molecular weight is 489 g/mol. The number of alkyl halides is 3. The first-order valence-corrected chi connectivity index (χ1v) is 10.4. The normalized spacial score (nSPS) is 18.3. The number of amides is 1. The van der Waals surface area contributed by atoms with E-state index in [9.17, 15) is 18.0 Å². The smallest absolute Gasteiger partial charge is 0.497 e. The Morgan fingerprint density at radius 1 is 1.00 bits per heavy atom. The van der Waals surface area contributed by atoms with Crippen LogP contribution in [0.5, 0.6) is 5.75 Å². The van der Waals surface area contributed by atoms with E-state index in [1.807, 2.05) is 29.2 Å². The van der Waals surface area contributed by atoms with Gasteiger partial charge < -0.3 is 9.64 Å². The Morgan fingerprint density at radius 2 is 1.52 bits per heavy atom. The quantitative estimate of drug-likeness (QED) is 0.440. The number of halogens is 4. The Labute approximate surface area is 198 Å². The Balaban J connectivity index is 0.000000479. The van der Waals surface area contributed by atoms with Crippen LogP contribution in [0, 0.1) is 0 Å². The molecule has 1 atom stereocenters. The van der Waals surface area contributed by atoms with Crippen LogP contribution < -0.4 is 9.64 Å². The number of para-hydroxylation sites is 1. The fourth-order valence-electron chi connectivity index (χ4n) is 3.61. The summed E-state index contributed by atoms with van der Waals surface area (Å²) in [5.74, 6) is 0.814. The number of hydrogen-bond acceptors (Lipinski definition) is 5. The van der Waals surface area contributed by atoms with Gasteiger partial charge in [-0.05, 0) is 41.4 Å². The summed E-state index contributed by atoms with van der Waals surface area (Å²) < 4.78 is 45.0. The van der Waals surface area contributed by atoms with Crippen molar-refractivity contribution in [1.82, 2.24) is 4.90 Å². The van der Waals surface area contributed by atoms with Gasteiger partial charge in [0.15, 0.2) is 0 Å². The summed E-state index contributed by atoms with van der Waals surface area (Å²) in [4.78, 5) is 18.5. The van der Waals surface area contributed by atoms with Gasteiger partial charge >= 0.3 is 12.3 Å². The number of quaternary nitrogens is 1. The maximum Gasteiger partial charge on any atom is 0.609 e. The van der Waals surface area contributed by atoms with Crippen LogP contribution in [0.4, 0.5) is 23.7 Å². The number of carbonyl (C=O) groups excluding carboxylic acids is 1. The molecule has 0 bridgehead atoms. The van der Waals surface area contributed by atoms with Crippen molar-refractivity contribution in [2.45, 2.75) is 19.1 Å². The van der Waals surface area contributed by atoms with Crippen molar-refractivity contribution >= 4 is 24.2 Å². The van der Waals surface area contributed by atoms with Crippen molar-refractivity contribution in [3.8, 4) is 5.75 Å². The lowest BCUT2D eigenvalue weighted by molar-refractivity contribution is -0.856. The van der Waals surface area contributed by atoms with Crippen LogP contribution in [0.15, 0.2) is 48.5 Å². The third kappa shape index (κ3) is 6.75. The second kappa shape index (κ2) is 10.6. The fraction of sp³-hybridized carbons (Fsp3) is 0.435. The zero-order chi connectivity index (χ0) is 23.5. The fourth-order valence-corrected chi connectivity index (χ4v) is 3.61. The molecule has 0 aromatic heterocycles. The lowest BCUT2D eigenvalue weighted by Crippen LogP contribution is -2.47. The molecule has 0 saturated carbocycles. The van der Waals surface area contributed by atoms with Gasteiger partial charge in [-0.1, -0.05) is 24.3 Å². The summed E-state index contributed by atoms with van der Waals surface area (Å²) >= 11 is 0. The Hall–Kier alpha value is -2.49. The summed E-state index contributed by atoms with van der Waals surface area (Å²) in [5, 5.41) is 0. The van der Waals surface area contributed by atoms with Crippen LogP contribution in [-0.4, -0.2) is 63.0 Å². The van der Waals surface area contributed by atoms with E-state index >= 15 is 0 Å². The molecule has 0 N–H and O–H groups in total. The molecule has 4 rings (SSSR count).